The van der Waals surface area contributed by atoms with Crippen molar-refractivity contribution >= 4 is 18.3 Å². The van der Waals surface area contributed by atoms with Gasteiger partial charge < -0.3 is 11.1 Å². The minimum Gasteiger partial charge on any atom is -0.348 e. The summed E-state index contributed by atoms with van der Waals surface area (Å²) in [6, 6.07) is 0.0794. The fourth-order valence-electron chi connectivity index (χ4n) is 2.96. The molecule has 1 aliphatic rings. The van der Waals surface area contributed by atoms with E-state index < -0.39 is 0 Å². The highest BCUT2D eigenvalue weighted by atomic mass is 35.5. The number of hydrogen-bond acceptors (Lipinski definition) is 3. The van der Waals surface area contributed by atoms with Crippen LogP contribution in [0, 0.1) is 5.92 Å². The van der Waals surface area contributed by atoms with E-state index >= 15 is 0 Å². The van der Waals surface area contributed by atoms with Gasteiger partial charge in [-0.2, -0.15) is 5.10 Å². The number of nitrogens with zero attached hydrogens (tertiary/aromatic N) is 2. The zero-order valence-electron chi connectivity index (χ0n) is 13.8. The predicted molar refractivity (Wildman–Crippen MR) is 91.4 cm³/mol. The zero-order valence-corrected chi connectivity index (χ0v) is 14.7. The highest BCUT2D eigenvalue weighted by Crippen LogP contribution is 2.26. The second-order valence-corrected chi connectivity index (χ2v) is 7.06. The molecule has 1 unspecified atom stereocenters. The van der Waals surface area contributed by atoms with Gasteiger partial charge >= 0.3 is 0 Å². The fourth-order valence-corrected chi connectivity index (χ4v) is 2.96. The first-order valence-corrected chi connectivity index (χ1v) is 7.98. The quantitative estimate of drug-likeness (QED) is 0.892. The number of nitrogens with one attached hydrogen (secondary N) is 1. The van der Waals surface area contributed by atoms with Crippen LogP contribution < -0.4 is 11.1 Å². The SMILES string of the molecule is CC(C)(C)n1cc(C(=O)NC(CN)C2CCCCC2)cn1.Cl. The number of amides is 1. The van der Waals surface area contributed by atoms with Crippen LogP contribution in [0.1, 0.15) is 63.2 Å². The Morgan fingerprint density at radius 2 is 2.05 bits per heavy atom. The van der Waals surface area contributed by atoms with Gasteiger partial charge in [0.05, 0.1) is 17.3 Å². The number of halogens is 1. The summed E-state index contributed by atoms with van der Waals surface area (Å²) in [5.74, 6) is 0.455. The van der Waals surface area contributed by atoms with E-state index in [0.29, 0.717) is 18.0 Å². The van der Waals surface area contributed by atoms with Crippen LogP contribution in [-0.4, -0.2) is 28.3 Å². The summed E-state index contributed by atoms with van der Waals surface area (Å²) in [5, 5.41) is 7.38. The monoisotopic (exact) mass is 328 g/mol. The molecular weight excluding hydrogens is 300 g/mol. The molecular formula is C16H29ClN4O. The van der Waals surface area contributed by atoms with Crippen molar-refractivity contribution in [1.29, 1.82) is 0 Å². The van der Waals surface area contributed by atoms with Crippen LogP contribution in [0.5, 0.6) is 0 Å². The van der Waals surface area contributed by atoms with Crippen LogP contribution in [0.15, 0.2) is 12.4 Å². The van der Waals surface area contributed by atoms with E-state index in [9.17, 15) is 4.79 Å². The van der Waals surface area contributed by atoms with Crippen LogP contribution in [0.2, 0.25) is 0 Å². The Bertz CT molecular complexity index is 475. The van der Waals surface area contributed by atoms with Gasteiger partial charge in [-0.25, -0.2) is 0 Å². The van der Waals surface area contributed by atoms with Gasteiger partial charge in [0.2, 0.25) is 0 Å². The smallest absolute Gasteiger partial charge is 0.254 e. The summed E-state index contributed by atoms with van der Waals surface area (Å²) in [4.78, 5) is 12.4. The molecule has 6 heteroatoms. The maximum atomic E-state index is 12.4. The number of rotatable bonds is 4. The normalized spacial score (nSPS) is 17.6. The molecule has 2 rings (SSSR count). The predicted octanol–water partition coefficient (Wildman–Crippen LogP) is 2.70. The third-order valence-electron chi connectivity index (χ3n) is 4.32. The third-order valence-corrected chi connectivity index (χ3v) is 4.32. The lowest BCUT2D eigenvalue weighted by atomic mass is 9.84. The highest BCUT2D eigenvalue weighted by Gasteiger charge is 2.25. The molecule has 1 aromatic heterocycles. The minimum atomic E-state index is -0.116. The van der Waals surface area contributed by atoms with E-state index in [1.807, 2.05) is 10.9 Å². The molecule has 0 aromatic carbocycles. The summed E-state index contributed by atoms with van der Waals surface area (Å²) in [5.41, 5.74) is 6.36. The molecule has 1 fully saturated rings. The van der Waals surface area contributed by atoms with Crippen LogP contribution in [0.3, 0.4) is 0 Å². The average Bonchev–Trinajstić information content (AvgIpc) is 2.95. The van der Waals surface area contributed by atoms with Crippen LogP contribution in [-0.2, 0) is 5.54 Å². The van der Waals surface area contributed by atoms with E-state index in [0.717, 1.165) is 0 Å². The van der Waals surface area contributed by atoms with Crippen molar-refractivity contribution in [1.82, 2.24) is 15.1 Å². The summed E-state index contributed by atoms with van der Waals surface area (Å²) >= 11 is 0. The molecule has 22 heavy (non-hydrogen) atoms. The van der Waals surface area contributed by atoms with Gasteiger partial charge in [0.1, 0.15) is 0 Å². The van der Waals surface area contributed by atoms with Gasteiger partial charge in [-0.05, 0) is 39.5 Å². The molecule has 0 spiro atoms. The van der Waals surface area contributed by atoms with E-state index in [-0.39, 0.29) is 29.9 Å². The second kappa shape index (κ2) is 7.97. The van der Waals surface area contributed by atoms with E-state index in [4.69, 9.17) is 5.73 Å². The topological polar surface area (TPSA) is 72.9 Å². The van der Waals surface area contributed by atoms with Gasteiger partial charge in [-0.15, -0.1) is 12.4 Å². The Balaban J connectivity index is 0.00000242. The number of nitrogens with two attached hydrogens (primary N) is 1. The maximum absolute atomic E-state index is 12.4. The molecule has 0 aliphatic heterocycles. The maximum Gasteiger partial charge on any atom is 0.254 e. The molecule has 1 heterocycles. The minimum absolute atomic E-state index is 0. The Hall–Kier alpha value is -1.07. The molecule has 1 aliphatic carbocycles. The number of aromatic nitrogens is 2. The summed E-state index contributed by atoms with van der Waals surface area (Å²) < 4.78 is 1.82. The lowest BCUT2D eigenvalue weighted by molar-refractivity contribution is 0.0915. The zero-order chi connectivity index (χ0) is 15.5. The van der Waals surface area contributed by atoms with Crippen molar-refractivity contribution in [3.05, 3.63) is 18.0 Å². The Labute approximate surface area is 139 Å². The molecule has 3 N–H and O–H groups in total. The number of carbonyl (C=O) groups excluding carboxylic acids is 1. The first kappa shape index (κ1) is 19.0. The van der Waals surface area contributed by atoms with Gasteiger partial charge in [0.25, 0.3) is 5.91 Å². The molecule has 1 amide bonds. The Morgan fingerprint density at radius 3 is 2.55 bits per heavy atom. The van der Waals surface area contributed by atoms with E-state index in [2.05, 4.69) is 31.2 Å². The molecule has 5 nitrogen and oxygen atoms in total. The van der Waals surface area contributed by atoms with Gasteiger partial charge in [-0.1, -0.05) is 19.3 Å². The summed E-state index contributed by atoms with van der Waals surface area (Å²) in [7, 11) is 0. The molecule has 126 valence electrons. The summed E-state index contributed by atoms with van der Waals surface area (Å²) in [6.45, 7) is 6.69. The largest absolute Gasteiger partial charge is 0.348 e. The highest BCUT2D eigenvalue weighted by molar-refractivity contribution is 5.93. The molecule has 1 atom stereocenters. The van der Waals surface area contributed by atoms with Crippen molar-refractivity contribution in [2.45, 2.75) is 64.5 Å². The van der Waals surface area contributed by atoms with Crippen LogP contribution in [0.25, 0.3) is 0 Å². The van der Waals surface area contributed by atoms with Crippen molar-refractivity contribution < 1.29 is 4.79 Å². The molecule has 0 saturated heterocycles. The Morgan fingerprint density at radius 1 is 1.41 bits per heavy atom. The van der Waals surface area contributed by atoms with Gasteiger partial charge in [0, 0.05) is 18.8 Å². The lowest BCUT2D eigenvalue weighted by Crippen LogP contribution is -2.45. The van der Waals surface area contributed by atoms with Crippen molar-refractivity contribution in [2.24, 2.45) is 11.7 Å². The molecule has 0 radical (unpaired) electrons. The van der Waals surface area contributed by atoms with Crippen LogP contribution >= 0.6 is 12.4 Å². The van der Waals surface area contributed by atoms with Crippen LogP contribution in [0.4, 0.5) is 0 Å². The van der Waals surface area contributed by atoms with Crippen molar-refractivity contribution in [3.63, 3.8) is 0 Å². The first-order valence-electron chi connectivity index (χ1n) is 7.98. The van der Waals surface area contributed by atoms with E-state index in [1.54, 1.807) is 6.20 Å². The van der Waals surface area contributed by atoms with E-state index in [1.165, 1.54) is 32.1 Å². The van der Waals surface area contributed by atoms with Gasteiger partial charge in [-0.3, -0.25) is 9.48 Å². The summed E-state index contributed by atoms with van der Waals surface area (Å²) in [6.07, 6.45) is 9.59. The first-order chi connectivity index (χ1) is 9.91. The number of hydrogen-bond donors (Lipinski definition) is 2. The second-order valence-electron chi connectivity index (χ2n) is 7.06. The average molecular weight is 329 g/mol. The van der Waals surface area contributed by atoms with Crippen molar-refractivity contribution in [3.8, 4) is 0 Å². The van der Waals surface area contributed by atoms with Crippen molar-refractivity contribution in [2.75, 3.05) is 6.54 Å². The Kier molecular flexibility index (Phi) is 6.88. The fraction of sp³-hybridized carbons (Fsp3) is 0.750. The molecule has 0 bridgehead atoms. The number of carbonyl (C=O) groups is 1. The molecule has 1 aromatic rings. The molecule has 1 saturated carbocycles. The van der Waals surface area contributed by atoms with Gasteiger partial charge in [0.15, 0.2) is 0 Å². The lowest BCUT2D eigenvalue weighted by Gasteiger charge is -2.29. The third kappa shape index (κ3) is 4.71. The standard InChI is InChI=1S/C16H28N4O.ClH/c1-16(2,3)20-11-13(10-18-20)15(21)19-14(9-17)12-7-5-4-6-8-12;/h10-12,14H,4-9,17H2,1-3H3,(H,19,21);1H.